The lowest BCUT2D eigenvalue weighted by atomic mass is 10.2. The number of hydrogen-bond acceptors (Lipinski definition) is 4. The van der Waals surface area contributed by atoms with Gasteiger partial charge in [-0.25, -0.2) is 8.42 Å². The van der Waals surface area contributed by atoms with Crippen molar-refractivity contribution in [3.63, 3.8) is 0 Å². The van der Waals surface area contributed by atoms with Crippen LogP contribution in [-0.2, 0) is 9.84 Å². The number of hydrogen-bond donors (Lipinski definition) is 0. The van der Waals surface area contributed by atoms with Crippen LogP contribution in [0.3, 0.4) is 0 Å². The number of sulfone groups is 1. The zero-order valence-electron chi connectivity index (χ0n) is 13.4. The van der Waals surface area contributed by atoms with Gasteiger partial charge in [-0.15, -0.1) is 0 Å². The van der Waals surface area contributed by atoms with Crippen LogP contribution < -0.4 is 4.74 Å². The number of rotatable bonds is 5. The summed E-state index contributed by atoms with van der Waals surface area (Å²) in [6, 6.07) is 13.1. The van der Waals surface area contributed by atoms with E-state index in [2.05, 4.69) is 0 Å². The minimum absolute atomic E-state index is 0.0544. The van der Waals surface area contributed by atoms with Gasteiger partial charge < -0.3 is 4.74 Å². The van der Waals surface area contributed by atoms with E-state index < -0.39 is 27.1 Å². The smallest absolute Gasteiger partial charge is 0.446 e. The average molecular weight is 388 g/mol. The molecule has 0 aliphatic carbocycles. The molecule has 8 heteroatoms. The second-order valence-corrected chi connectivity index (χ2v) is 8.14. The molecule has 0 saturated carbocycles. The van der Waals surface area contributed by atoms with Gasteiger partial charge >= 0.3 is 5.51 Å². The first kappa shape index (κ1) is 19.4. The standard InChI is InChI=1S/C17H15F3O3S2/c1-12(25(21,22)15-6-4-3-5-7-15)16(24-17(18,19)20)13-8-10-14(23-2)11-9-13/h3-11H,1-2H3/b16-12+. The second-order valence-electron chi connectivity index (χ2n) is 4.98. The van der Waals surface area contributed by atoms with Crippen LogP contribution in [0.25, 0.3) is 4.91 Å². The highest BCUT2D eigenvalue weighted by Crippen LogP contribution is 2.45. The third kappa shape index (κ3) is 4.79. The van der Waals surface area contributed by atoms with E-state index in [4.69, 9.17) is 4.74 Å². The molecule has 0 saturated heterocycles. The highest BCUT2D eigenvalue weighted by Gasteiger charge is 2.34. The zero-order chi connectivity index (χ0) is 18.7. The molecule has 2 aromatic carbocycles. The Labute approximate surface area is 148 Å². The van der Waals surface area contributed by atoms with E-state index in [-0.39, 0.29) is 20.3 Å². The fourth-order valence-electron chi connectivity index (χ4n) is 2.09. The number of methoxy groups -OCH3 is 1. The molecular weight excluding hydrogens is 373 g/mol. The van der Waals surface area contributed by atoms with Crippen LogP contribution in [0.2, 0.25) is 0 Å². The SMILES string of the molecule is COc1ccc(/C(SC(F)(F)F)=C(/C)S(=O)(=O)c2ccccc2)cc1. The van der Waals surface area contributed by atoms with Crippen LogP contribution in [-0.4, -0.2) is 21.0 Å². The van der Waals surface area contributed by atoms with Gasteiger partial charge in [0.1, 0.15) is 5.75 Å². The van der Waals surface area contributed by atoms with Gasteiger partial charge in [0.2, 0.25) is 9.84 Å². The normalized spacial score (nSPS) is 13.3. The van der Waals surface area contributed by atoms with Crippen LogP contribution in [0, 0.1) is 0 Å². The van der Waals surface area contributed by atoms with Crippen LogP contribution >= 0.6 is 11.8 Å². The molecule has 0 N–H and O–H groups in total. The van der Waals surface area contributed by atoms with E-state index in [9.17, 15) is 21.6 Å². The molecule has 0 heterocycles. The molecular formula is C17H15F3O3S2. The third-order valence-corrected chi connectivity index (χ3v) is 6.36. The molecule has 0 aliphatic heterocycles. The summed E-state index contributed by atoms with van der Waals surface area (Å²) in [6.45, 7) is 1.18. The maximum atomic E-state index is 13.0. The Morgan fingerprint density at radius 2 is 1.56 bits per heavy atom. The molecule has 0 atom stereocenters. The highest BCUT2D eigenvalue weighted by molar-refractivity contribution is 8.10. The number of ether oxygens (including phenoxy) is 1. The van der Waals surface area contributed by atoms with Crippen LogP contribution in [0.4, 0.5) is 13.2 Å². The Hall–Kier alpha value is -1.93. The predicted octanol–water partition coefficient (Wildman–Crippen LogP) is 5.11. The van der Waals surface area contributed by atoms with Gasteiger partial charge in [0.25, 0.3) is 0 Å². The number of halogens is 3. The van der Waals surface area contributed by atoms with Gasteiger partial charge in [-0.3, -0.25) is 0 Å². The fourth-order valence-corrected chi connectivity index (χ4v) is 4.40. The van der Waals surface area contributed by atoms with E-state index in [0.717, 1.165) is 0 Å². The summed E-state index contributed by atoms with van der Waals surface area (Å²) in [5.41, 5.74) is -4.47. The van der Waals surface area contributed by atoms with Gasteiger partial charge in [-0.2, -0.15) is 13.2 Å². The predicted molar refractivity (Wildman–Crippen MR) is 92.9 cm³/mol. The van der Waals surface area contributed by atoms with Crippen molar-refractivity contribution in [1.82, 2.24) is 0 Å². The molecule has 25 heavy (non-hydrogen) atoms. The average Bonchev–Trinajstić information content (AvgIpc) is 2.59. The van der Waals surface area contributed by atoms with Crippen molar-refractivity contribution in [2.75, 3.05) is 7.11 Å². The lowest BCUT2D eigenvalue weighted by molar-refractivity contribution is -0.0317. The molecule has 134 valence electrons. The number of allylic oxidation sites excluding steroid dienone is 1. The number of thioether (sulfide) groups is 1. The Bertz CT molecular complexity index is 856. The summed E-state index contributed by atoms with van der Waals surface area (Å²) < 4.78 is 69.4. The van der Waals surface area contributed by atoms with Gasteiger partial charge in [-0.1, -0.05) is 30.3 Å². The summed E-state index contributed by atoms with van der Waals surface area (Å²) in [6.07, 6.45) is 0. The summed E-state index contributed by atoms with van der Waals surface area (Å²) >= 11 is -0.442. The van der Waals surface area contributed by atoms with Crippen molar-refractivity contribution < 1.29 is 26.3 Å². The molecule has 0 aromatic heterocycles. The highest BCUT2D eigenvalue weighted by atomic mass is 32.2. The summed E-state index contributed by atoms with van der Waals surface area (Å²) in [5.74, 6) is 0.462. The molecule has 0 bridgehead atoms. The quantitative estimate of drug-likeness (QED) is 0.714. The monoisotopic (exact) mass is 388 g/mol. The zero-order valence-corrected chi connectivity index (χ0v) is 15.0. The van der Waals surface area contributed by atoms with E-state index >= 15 is 0 Å². The van der Waals surface area contributed by atoms with Crippen molar-refractivity contribution >= 4 is 26.5 Å². The Morgan fingerprint density at radius 3 is 2.04 bits per heavy atom. The minimum Gasteiger partial charge on any atom is -0.497 e. The molecule has 0 unspecified atom stereocenters. The van der Waals surface area contributed by atoms with Crippen molar-refractivity contribution in [2.24, 2.45) is 0 Å². The van der Waals surface area contributed by atoms with Crippen LogP contribution in [0.15, 0.2) is 64.4 Å². The Balaban J connectivity index is 2.62. The first-order valence-electron chi connectivity index (χ1n) is 7.06. The molecule has 0 spiro atoms. The molecule has 2 aromatic rings. The van der Waals surface area contributed by atoms with E-state index in [1.807, 2.05) is 0 Å². The molecule has 0 aliphatic rings. The molecule has 0 amide bonds. The molecule has 0 radical (unpaired) electrons. The van der Waals surface area contributed by atoms with Crippen molar-refractivity contribution in [1.29, 1.82) is 0 Å². The maximum Gasteiger partial charge on any atom is 0.446 e. The van der Waals surface area contributed by atoms with Crippen LogP contribution in [0.1, 0.15) is 12.5 Å². The second kappa shape index (κ2) is 7.53. The van der Waals surface area contributed by atoms with E-state index in [0.29, 0.717) is 5.75 Å². The van der Waals surface area contributed by atoms with Gasteiger partial charge in [0.05, 0.1) is 16.9 Å². The van der Waals surface area contributed by atoms with E-state index in [1.54, 1.807) is 6.07 Å². The van der Waals surface area contributed by atoms with Gasteiger partial charge in [-0.05, 0) is 48.5 Å². The first-order valence-corrected chi connectivity index (χ1v) is 9.36. The van der Waals surface area contributed by atoms with E-state index in [1.165, 1.54) is 62.6 Å². The summed E-state index contributed by atoms with van der Waals surface area (Å²) in [5, 5.41) is 0. The van der Waals surface area contributed by atoms with Gasteiger partial charge in [0.15, 0.2) is 0 Å². The van der Waals surface area contributed by atoms with Crippen LogP contribution in [0.5, 0.6) is 5.75 Å². The lowest BCUT2D eigenvalue weighted by Gasteiger charge is -2.15. The van der Waals surface area contributed by atoms with Crippen molar-refractivity contribution in [3.05, 3.63) is 65.1 Å². The first-order chi connectivity index (χ1) is 11.6. The Morgan fingerprint density at radius 1 is 1.00 bits per heavy atom. The largest absolute Gasteiger partial charge is 0.497 e. The number of alkyl halides is 3. The molecule has 0 fully saturated rings. The third-order valence-electron chi connectivity index (χ3n) is 3.35. The maximum absolute atomic E-state index is 13.0. The Kier molecular flexibility index (Phi) is 5.84. The van der Waals surface area contributed by atoms with Gasteiger partial charge in [0, 0.05) is 4.91 Å². The molecule has 2 rings (SSSR count). The van der Waals surface area contributed by atoms with Crippen molar-refractivity contribution in [3.8, 4) is 5.75 Å². The summed E-state index contributed by atoms with van der Waals surface area (Å²) in [7, 11) is -2.61. The fraction of sp³-hybridized carbons (Fsp3) is 0.176. The molecule has 3 nitrogen and oxygen atoms in total. The minimum atomic E-state index is -4.62. The number of benzene rings is 2. The van der Waals surface area contributed by atoms with Crippen molar-refractivity contribution in [2.45, 2.75) is 17.3 Å². The topological polar surface area (TPSA) is 43.4 Å². The summed E-state index contributed by atoms with van der Waals surface area (Å²) in [4.78, 5) is -0.772. The lowest BCUT2D eigenvalue weighted by Crippen LogP contribution is -2.07.